The van der Waals surface area contributed by atoms with Crippen LogP contribution in [0.15, 0.2) is 18.3 Å². The lowest BCUT2D eigenvalue weighted by molar-refractivity contribution is -0.0752. The van der Waals surface area contributed by atoms with E-state index in [1.807, 2.05) is 12.3 Å². The topological polar surface area (TPSA) is 37.4 Å². The molecule has 1 aromatic rings. The Balaban J connectivity index is 2.23. The molecule has 2 atom stereocenters. The zero-order valence-electron chi connectivity index (χ0n) is 14.0. The van der Waals surface area contributed by atoms with Gasteiger partial charge in [0, 0.05) is 30.9 Å². The molecule has 1 fully saturated rings. The standard InChI is InChI=1S/C17H29N3O/c1-6-9-18-14(3)15-8-7-10-19-16(15)20-11-13(2)21-17(4,5)12-20/h7-8,10,13-14,18H,6,9,11-12H2,1-5H3. The number of hydrogen-bond acceptors (Lipinski definition) is 4. The van der Waals surface area contributed by atoms with Gasteiger partial charge in [0.1, 0.15) is 5.82 Å². The fourth-order valence-corrected chi connectivity index (χ4v) is 3.10. The molecular weight excluding hydrogens is 262 g/mol. The normalized spacial score (nSPS) is 23.1. The van der Waals surface area contributed by atoms with Crippen LogP contribution < -0.4 is 10.2 Å². The van der Waals surface area contributed by atoms with Crippen molar-refractivity contribution in [3.05, 3.63) is 23.9 Å². The van der Waals surface area contributed by atoms with E-state index >= 15 is 0 Å². The van der Waals surface area contributed by atoms with Crippen LogP contribution in [-0.4, -0.2) is 36.3 Å². The predicted molar refractivity (Wildman–Crippen MR) is 87.8 cm³/mol. The lowest BCUT2D eigenvalue weighted by Crippen LogP contribution is -2.52. The second-order valence-electron chi connectivity index (χ2n) is 6.66. The Labute approximate surface area is 128 Å². The Hall–Kier alpha value is -1.13. The SMILES string of the molecule is CCCNC(C)c1cccnc1N1CC(C)OC(C)(C)C1. The van der Waals surface area contributed by atoms with Crippen molar-refractivity contribution < 1.29 is 4.74 Å². The molecule has 0 saturated carbocycles. The van der Waals surface area contributed by atoms with Crippen molar-refractivity contribution in [3.63, 3.8) is 0 Å². The minimum atomic E-state index is -0.132. The van der Waals surface area contributed by atoms with Crippen molar-refractivity contribution in [2.75, 3.05) is 24.5 Å². The molecule has 2 heterocycles. The summed E-state index contributed by atoms with van der Waals surface area (Å²) < 4.78 is 6.01. The van der Waals surface area contributed by atoms with Gasteiger partial charge in [0.05, 0.1) is 11.7 Å². The summed E-state index contributed by atoms with van der Waals surface area (Å²) in [7, 11) is 0. The number of nitrogens with zero attached hydrogens (tertiary/aromatic N) is 2. The molecule has 1 aromatic heterocycles. The number of nitrogens with one attached hydrogen (secondary N) is 1. The summed E-state index contributed by atoms with van der Waals surface area (Å²) in [6, 6.07) is 4.52. The van der Waals surface area contributed by atoms with Crippen molar-refractivity contribution in [1.29, 1.82) is 0 Å². The van der Waals surface area contributed by atoms with Gasteiger partial charge in [0.2, 0.25) is 0 Å². The number of anilines is 1. The summed E-state index contributed by atoms with van der Waals surface area (Å²) in [5.41, 5.74) is 1.14. The van der Waals surface area contributed by atoms with Gasteiger partial charge in [-0.05, 0) is 46.7 Å². The summed E-state index contributed by atoms with van der Waals surface area (Å²) in [5.74, 6) is 1.09. The van der Waals surface area contributed by atoms with E-state index in [-0.39, 0.29) is 11.7 Å². The molecule has 0 aromatic carbocycles. The summed E-state index contributed by atoms with van der Waals surface area (Å²) in [5, 5.41) is 3.56. The molecule has 118 valence electrons. The lowest BCUT2D eigenvalue weighted by Gasteiger charge is -2.43. The van der Waals surface area contributed by atoms with E-state index in [9.17, 15) is 0 Å². The van der Waals surface area contributed by atoms with Gasteiger partial charge in [0.25, 0.3) is 0 Å². The first-order valence-electron chi connectivity index (χ1n) is 8.04. The third kappa shape index (κ3) is 4.17. The first-order chi connectivity index (χ1) is 9.93. The summed E-state index contributed by atoms with van der Waals surface area (Å²) in [6.45, 7) is 13.6. The first kappa shape index (κ1) is 16.2. The Morgan fingerprint density at radius 1 is 1.52 bits per heavy atom. The monoisotopic (exact) mass is 291 g/mol. The van der Waals surface area contributed by atoms with Crippen LogP contribution in [0.4, 0.5) is 5.82 Å². The molecule has 2 rings (SSSR count). The number of pyridine rings is 1. The van der Waals surface area contributed by atoms with Gasteiger partial charge in [-0.25, -0.2) is 4.98 Å². The van der Waals surface area contributed by atoms with E-state index in [1.165, 1.54) is 5.56 Å². The van der Waals surface area contributed by atoms with Crippen molar-refractivity contribution >= 4 is 5.82 Å². The molecule has 4 heteroatoms. The maximum atomic E-state index is 6.01. The van der Waals surface area contributed by atoms with Gasteiger partial charge in [0.15, 0.2) is 0 Å². The molecule has 0 spiro atoms. The highest BCUT2D eigenvalue weighted by Crippen LogP contribution is 2.29. The van der Waals surface area contributed by atoms with Crippen LogP contribution in [0.3, 0.4) is 0 Å². The zero-order valence-corrected chi connectivity index (χ0v) is 14.0. The lowest BCUT2D eigenvalue weighted by atomic mass is 10.0. The Morgan fingerprint density at radius 2 is 2.29 bits per heavy atom. The maximum absolute atomic E-state index is 6.01. The van der Waals surface area contributed by atoms with Crippen molar-refractivity contribution in [2.24, 2.45) is 0 Å². The minimum Gasteiger partial charge on any atom is -0.369 e. The van der Waals surface area contributed by atoms with E-state index < -0.39 is 0 Å². The third-order valence-electron chi connectivity index (χ3n) is 3.85. The molecule has 21 heavy (non-hydrogen) atoms. The predicted octanol–water partition coefficient (Wildman–Crippen LogP) is 3.15. The smallest absolute Gasteiger partial charge is 0.133 e. The number of ether oxygens (including phenoxy) is 1. The van der Waals surface area contributed by atoms with Crippen LogP contribution in [0, 0.1) is 0 Å². The molecule has 1 N–H and O–H groups in total. The van der Waals surface area contributed by atoms with Gasteiger partial charge in [-0.3, -0.25) is 0 Å². The largest absolute Gasteiger partial charge is 0.369 e. The van der Waals surface area contributed by atoms with Gasteiger partial charge < -0.3 is 15.0 Å². The van der Waals surface area contributed by atoms with Crippen LogP contribution in [0.25, 0.3) is 0 Å². The molecule has 0 radical (unpaired) electrons. The molecule has 1 saturated heterocycles. The van der Waals surface area contributed by atoms with Crippen LogP contribution in [0.1, 0.15) is 52.6 Å². The fourth-order valence-electron chi connectivity index (χ4n) is 3.10. The Morgan fingerprint density at radius 3 is 2.95 bits per heavy atom. The molecule has 0 bridgehead atoms. The van der Waals surface area contributed by atoms with E-state index in [0.717, 1.165) is 31.9 Å². The van der Waals surface area contributed by atoms with Gasteiger partial charge in [-0.1, -0.05) is 13.0 Å². The maximum Gasteiger partial charge on any atom is 0.133 e. The van der Waals surface area contributed by atoms with Crippen molar-refractivity contribution in [3.8, 4) is 0 Å². The quantitative estimate of drug-likeness (QED) is 0.904. The van der Waals surface area contributed by atoms with Gasteiger partial charge in [-0.2, -0.15) is 0 Å². The van der Waals surface area contributed by atoms with Gasteiger partial charge in [-0.15, -0.1) is 0 Å². The van der Waals surface area contributed by atoms with E-state index in [0.29, 0.717) is 6.04 Å². The van der Waals surface area contributed by atoms with Gasteiger partial charge >= 0.3 is 0 Å². The second-order valence-corrected chi connectivity index (χ2v) is 6.66. The second kappa shape index (κ2) is 6.75. The number of rotatable bonds is 5. The van der Waals surface area contributed by atoms with E-state index in [4.69, 9.17) is 4.74 Å². The van der Waals surface area contributed by atoms with Crippen LogP contribution in [0.5, 0.6) is 0 Å². The third-order valence-corrected chi connectivity index (χ3v) is 3.85. The average Bonchev–Trinajstić information content (AvgIpc) is 2.42. The fraction of sp³-hybridized carbons (Fsp3) is 0.706. The molecule has 1 aliphatic heterocycles. The molecule has 2 unspecified atom stereocenters. The molecular formula is C17H29N3O. The summed E-state index contributed by atoms with van der Waals surface area (Å²) in [4.78, 5) is 7.03. The van der Waals surface area contributed by atoms with E-state index in [2.05, 4.69) is 55.9 Å². The molecule has 0 aliphatic carbocycles. The van der Waals surface area contributed by atoms with Crippen molar-refractivity contribution in [1.82, 2.24) is 10.3 Å². The van der Waals surface area contributed by atoms with Crippen LogP contribution >= 0.6 is 0 Å². The van der Waals surface area contributed by atoms with Crippen molar-refractivity contribution in [2.45, 2.75) is 58.8 Å². The Bertz CT molecular complexity index is 461. The zero-order chi connectivity index (χ0) is 15.5. The van der Waals surface area contributed by atoms with E-state index in [1.54, 1.807) is 0 Å². The highest BCUT2D eigenvalue weighted by molar-refractivity contribution is 5.49. The van der Waals surface area contributed by atoms with Crippen LogP contribution in [0.2, 0.25) is 0 Å². The number of aromatic nitrogens is 1. The molecule has 4 nitrogen and oxygen atoms in total. The Kier molecular flexibility index (Phi) is 5.22. The highest BCUT2D eigenvalue weighted by Gasteiger charge is 2.33. The molecule has 1 aliphatic rings. The average molecular weight is 291 g/mol. The number of hydrogen-bond donors (Lipinski definition) is 1. The first-order valence-corrected chi connectivity index (χ1v) is 8.04. The molecule has 0 amide bonds. The summed E-state index contributed by atoms with van der Waals surface area (Å²) in [6.07, 6.45) is 3.25. The minimum absolute atomic E-state index is 0.132. The summed E-state index contributed by atoms with van der Waals surface area (Å²) >= 11 is 0. The highest BCUT2D eigenvalue weighted by atomic mass is 16.5. The number of morpholine rings is 1. The van der Waals surface area contributed by atoms with Crippen LogP contribution in [-0.2, 0) is 4.74 Å².